The zero-order chi connectivity index (χ0) is 14.5. The number of nitrogens with one attached hydrogen (secondary N) is 1. The molecule has 2 rings (SSSR count). The van der Waals surface area contributed by atoms with Gasteiger partial charge in [-0.3, -0.25) is 4.79 Å². The van der Waals surface area contributed by atoms with E-state index in [0.29, 0.717) is 15.6 Å². The number of hydrogen-bond donors (Lipinski definition) is 1. The van der Waals surface area contributed by atoms with E-state index in [4.69, 9.17) is 23.2 Å². The van der Waals surface area contributed by atoms with Gasteiger partial charge in [-0.05, 0) is 37.1 Å². The van der Waals surface area contributed by atoms with Crippen molar-refractivity contribution in [1.29, 1.82) is 0 Å². The van der Waals surface area contributed by atoms with Crippen LogP contribution in [0.1, 0.15) is 22.8 Å². The van der Waals surface area contributed by atoms with Crippen molar-refractivity contribution >= 4 is 29.1 Å². The summed E-state index contributed by atoms with van der Waals surface area (Å²) in [6.07, 6.45) is 0.786. The normalized spacial score (nSPS) is 11.9. The van der Waals surface area contributed by atoms with E-state index in [1.54, 1.807) is 18.2 Å². The van der Waals surface area contributed by atoms with Gasteiger partial charge in [0.1, 0.15) is 0 Å². The molecule has 0 unspecified atom stereocenters. The fourth-order valence-corrected chi connectivity index (χ4v) is 2.26. The molecule has 0 radical (unpaired) electrons. The van der Waals surface area contributed by atoms with E-state index in [1.165, 1.54) is 5.56 Å². The van der Waals surface area contributed by atoms with Gasteiger partial charge in [-0.2, -0.15) is 0 Å². The molecule has 0 aliphatic heterocycles. The lowest BCUT2D eigenvalue weighted by atomic mass is 10.1. The minimum Gasteiger partial charge on any atom is -0.349 e. The van der Waals surface area contributed by atoms with E-state index in [1.807, 2.05) is 37.3 Å². The van der Waals surface area contributed by atoms with Crippen molar-refractivity contribution < 1.29 is 4.79 Å². The summed E-state index contributed by atoms with van der Waals surface area (Å²) in [6, 6.07) is 14.9. The number of carbonyl (C=O) groups is 1. The Bertz CT molecular complexity index is 599. The van der Waals surface area contributed by atoms with Crippen molar-refractivity contribution in [2.45, 2.75) is 19.4 Å². The van der Waals surface area contributed by atoms with E-state index in [-0.39, 0.29) is 11.9 Å². The molecule has 0 aliphatic carbocycles. The van der Waals surface area contributed by atoms with E-state index in [0.717, 1.165) is 6.42 Å². The second-order valence-electron chi connectivity index (χ2n) is 4.69. The molecule has 0 aromatic heterocycles. The SMILES string of the molecule is C[C@@H](Cc1ccccc1)NC(=O)c1ccc(Cl)c(Cl)c1. The lowest BCUT2D eigenvalue weighted by molar-refractivity contribution is 0.0940. The third-order valence-electron chi connectivity index (χ3n) is 2.94. The van der Waals surface area contributed by atoms with Crippen molar-refractivity contribution in [3.8, 4) is 0 Å². The molecular formula is C16H15Cl2NO. The van der Waals surface area contributed by atoms with Gasteiger partial charge in [-0.1, -0.05) is 53.5 Å². The Morgan fingerprint density at radius 3 is 2.45 bits per heavy atom. The molecule has 0 saturated heterocycles. The zero-order valence-electron chi connectivity index (χ0n) is 11.1. The van der Waals surface area contributed by atoms with Crippen LogP contribution in [-0.2, 0) is 6.42 Å². The van der Waals surface area contributed by atoms with Crippen molar-refractivity contribution in [2.75, 3.05) is 0 Å². The van der Waals surface area contributed by atoms with E-state index in [9.17, 15) is 4.79 Å². The number of benzene rings is 2. The average Bonchev–Trinajstić information content (AvgIpc) is 2.42. The van der Waals surface area contributed by atoms with Gasteiger partial charge in [0.2, 0.25) is 0 Å². The van der Waals surface area contributed by atoms with Crippen molar-refractivity contribution in [3.63, 3.8) is 0 Å². The van der Waals surface area contributed by atoms with Gasteiger partial charge >= 0.3 is 0 Å². The largest absolute Gasteiger partial charge is 0.349 e. The smallest absolute Gasteiger partial charge is 0.251 e. The van der Waals surface area contributed by atoms with Gasteiger partial charge in [-0.25, -0.2) is 0 Å². The Morgan fingerprint density at radius 2 is 1.80 bits per heavy atom. The van der Waals surface area contributed by atoms with Gasteiger partial charge in [-0.15, -0.1) is 0 Å². The highest BCUT2D eigenvalue weighted by atomic mass is 35.5. The summed E-state index contributed by atoms with van der Waals surface area (Å²) in [5.74, 6) is -0.146. The van der Waals surface area contributed by atoms with Gasteiger partial charge in [0.25, 0.3) is 5.91 Å². The molecule has 0 spiro atoms. The standard InChI is InChI=1S/C16H15Cl2NO/c1-11(9-12-5-3-2-4-6-12)19-16(20)13-7-8-14(17)15(18)10-13/h2-8,10-11H,9H2,1H3,(H,19,20)/t11-/m0/s1. The Kier molecular flexibility index (Phi) is 5.05. The molecule has 4 heteroatoms. The van der Waals surface area contributed by atoms with Crippen LogP contribution in [-0.4, -0.2) is 11.9 Å². The molecule has 104 valence electrons. The molecule has 0 bridgehead atoms. The lowest BCUT2D eigenvalue weighted by Gasteiger charge is -2.14. The molecular weight excluding hydrogens is 293 g/mol. The van der Waals surface area contributed by atoms with Crippen LogP contribution < -0.4 is 5.32 Å². The molecule has 2 aromatic rings. The van der Waals surface area contributed by atoms with Crippen LogP contribution in [0.2, 0.25) is 10.0 Å². The van der Waals surface area contributed by atoms with Gasteiger partial charge < -0.3 is 5.32 Å². The van der Waals surface area contributed by atoms with Crippen molar-refractivity contribution in [3.05, 3.63) is 69.7 Å². The number of amides is 1. The van der Waals surface area contributed by atoms with Crippen LogP contribution in [0.4, 0.5) is 0 Å². The molecule has 2 nitrogen and oxygen atoms in total. The Hall–Kier alpha value is -1.51. The summed E-state index contributed by atoms with van der Waals surface area (Å²) >= 11 is 11.7. The lowest BCUT2D eigenvalue weighted by Crippen LogP contribution is -2.34. The van der Waals surface area contributed by atoms with Crippen LogP contribution in [0.3, 0.4) is 0 Å². The monoisotopic (exact) mass is 307 g/mol. The summed E-state index contributed by atoms with van der Waals surface area (Å²) < 4.78 is 0. The first kappa shape index (κ1) is 14.9. The quantitative estimate of drug-likeness (QED) is 0.893. The third-order valence-corrected chi connectivity index (χ3v) is 3.68. The predicted octanol–water partition coefficient (Wildman–Crippen LogP) is 4.35. The summed E-state index contributed by atoms with van der Waals surface area (Å²) in [5, 5.41) is 3.78. The number of rotatable bonds is 4. The van der Waals surface area contributed by atoms with Gasteiger partial charge in [0.05, 0.1) is 10.0 Å². The molecule has 1 N–H and O–H groups in total. The Balaban J connectivity index is 1.98. The average molecular weight is 308 g/mol. The summed E-state index contributed by atoms with van der Waals surface area (Å²) in [6.45, 7) is 1.97. The molecule has 0 fully saturated rings. The molecule has 1 atom stereocenters. The van der Waals surface area contributed by atoms with Crippen LogP contribution in [0.5, 0.6) is 0 Å². The number of hydrogen-bond acceptors (Lipinski definition) is 1. The summed E-state index contributed by atoms with van der Waals surface area (Å²) in [7, 11) is 0. The number of carbonyl (C=O) groups excluding carboxylic acids is 1. The summed E-state index contributed by atoms with van der Waals surface area (Å²) in [4.78, 5) is 12.1. The first-order chi connectivity index (χ1) is 9.56. The molecule has 0 heterocycles. The first-order valence-corrected chi connectivity index (χ1v) is 7.11. The van der Waals surface area contributed by atoms with Crippen LogP contribution >= 0.6 is 23.2 Å². The minimum atomic E-state index is -0.146. The Labute approximate surface area is 128 Å². The Morgan fingerprint density at radius 1 is 1.10 bits per heavy atom. The molecule has 2 aromatic carbocycles. The highest BCUT2D eigenvalue weighted by Crippen LogP contribution is 2.22. The number of halogens is 2. The van der Waals surface area contributed by atoms with E-state index < -0.39 is 0 Å². The van der Waals surface area contributed by atoms with Crippen molar-refractivity contribution in [2.24, 2.45) is 0 Å². The molecule has 20 heavy (non-hydrogen) atoms. The van der Waals surface area contributed by atoms with Crippen LogP contribution in [0.15, 0.2) is 48.5 Å². The van der Waals surface area contributed by atoms with Crippen molar-refractivity contribution in [1.82, 2.24) is 5.32 Å². The second kappa shape index (κ2) is 6.78. The van der Waals surface area contributed by atoms with E-state index in [2.05, 4.69) is 5.32 Å². The van der Waals surface area contributed by atoms with Crippen LogP contribution in [0.25, 0.3) is 0 Å². The topological polar surface area (TPSA) is 29.1 Å². The maximum absolute atomic E-state index is 12.1. The highest BCUT2D eigenvalue weighted by molar-refractivity contribution is 6.42. The maximum atomic E-state index is 12.1. The fraction of sp³-hybridized carbons (Fsp3) is 0.188. The molecule has 1 amide bonds. The van der Waals surface area contributed by atoms with Gasteiger partial charge in [0.15, 0.2) is 0 Å². The highest BCUT2D eigenvalue weighted by Gasteiger charge is 2.11. The zero-order valence-corrected chi connectivity index (χ0v) is 12.6. The van der Waals surface area contributed by atoms with Crippen LogP contribution in [0, 0.1) is 0 Å². The minimum absolute atomic E-state index is 0.0411. The first-order valence-electron chi connectivity index (χ1n) is 6.36. The maximum Gasteiger partial charge on any atom is 0.251 e. The summed E-state index contributed by atoms with van der Waals surface area (Å²) in [5.41, 5.74) is 1.70. The molecule has 0 saturated carbocycles. The third kappa shape index (κ3) is 3.99. The van der Waals surface area contributed by atoms with E-state index >= 15 is 0 Å². The van der Waals surface area contributed by atoms with Gasteiger partial charge in [0, 0.05) is 11.6 Å². The molecule has 0 aliphatic rings. The predicted molar refractivity (Wildman–Crippen MR) is 83.5 cm³/mol. The second-order valence-corrected chi connectivity index (χ2v) is 5.51. The fourth-order valence-electron chi connectivity index (χ4n) is 1.96.